The van der Waals surface area contributed by atoms with Crippen LogP contribution in [0.15, 0.2) is 35.2 Å². The maximum absolute atomic E-state index is 12.7. The number of Topliss-reactive ketones (excluding diaryl/α,β-unsaturated/α-hetero) is 1. The summed E-state index contributed by atoms with van der Waals surface area (Å²) in [4.78, 5) is 40.3. The van der Waals surface area contributed by atoms with E-state index in [-0.39, 0.29) is 24.1 Å². The number of esters is 1. The number of hydrogen-bond acceptors (Lipinski definition) is 5. The second kappa shape index (κ2) is 10.1. The van der Waals surface area contributed by atoms with E-state index < -0.39 is 5.97 Å². The Bertz CT molecular complexity index is 1010. The van der Waals surface area contributed by atoms with Crippen molar-refractivity contribution in [3.8, 4) is 0 Å². The minimum atomic E-state index is -0.553. The molecule has 1 aliphatic heterocycles. The minimum absolute atomic E-state index is 0.0847. The lowest BCUT2D eigenvalue weighted by molar-refractivity contribution is -0.127. The molecule has 1 aliphatic rings. The standard InChI is InChI=1S/C25H29NO4S/c1-16-13-21(19(4)18(3)17(16)2)22(27)14-30-25(29)20-9-5-6-10-23(20)31-15-24(28)26-11-7-8-12-26/h5-6,9-10,13H,7-8,11-12,14-15H2,1-4H3. The van der Waals surface area contributed by atoms with Gasteiger partial charge in [0.25, 0.3) is 0 Å². The zero-order valence-electron chi connectivity index (χ0n) is 18.6. The molecule has 5 nitrogen and oxygen atoms in total. The van der Waals surface area contributed by atoms with E-state index in [0.29, 0.717) is 16.0 Å². The van der Waals surface area contributed by atoms with Gasteiger partial charge in [0, 0.05) is 23.5 Å². The molecule has 0 saturated carbocycles. The number of thioether (sulfide) groups is 1. The van der Waals surface area contributed by atoms with Crippen molar-refractivity contribution < 1.29 is 19.1 Å². The van der Waals surface area contributed by atoms with Crippen LogP contribution in [0.3, 0.4) is 0 Å². The molecule has 0 bridgehead atoms. The summed E-state index contributed by atoms with van der Waals surface area (Å²) in [5.41, 5.74) is 5.18. The molecule has 3 rings (SSSR count). The third-order valence-electron chi connectivity index (χ3n) is 6.03. The van der Waals surface area contributed by atoms with E-state index in [4.69, 9.17) is 4.74 Å². The van der Waals surface area contributed by atoms with E-state index in [9.17, 15) is 14.4 Å². The van der Waals surface area contributed by atoms with E-state index in [1.165, 1.54) is 17.3 Å². The molecule has 1 saturated heterocycles. The molecule has 0 atom stereocenters. The molecule has 1 fully saturated rings. The van der Waals surface area contributed by atoms with Gasteiger partial charge >= 0.3 is 5.97 Å². The Hall–Kier alpha value is -2.60. The number of benzene rings is 2. The van der Waals surface area contributed by atoms with Crippen LogP contribution >= 0.6 is 11.8 Å². The number of nitrogens with zero attached hydrogens (tertiary/aromatic N) is 1. The van der Waals surface area contributed by atoms with E-state index in [1.54, 1.807) is 18.2 Å². The van der Waals surface area contributed by atoms with Gasteiger partial charge in [-0.3, -0.25) is 9.59 Å². The van der Waals surface area contributed by atoms with Crippen LogP contribution in [0.25, 0.3) is 0 Å². The Morgan fingerprint density at radius 2 is 1.61 bits per heavy atom. The molecule has 0 aliphatic carbocycles. The summed E-state index contributed by atoms with van der Waals surface area (Å²) in [6.45, 7) is 9.23. The van der Waals surface area contributed by atoms with Crippen LogP contribution in [0.1, 0.15) is 55.8 Å². The first kappa shape index (κ1) is 23.1. The normalized spacial score (nSPS) is 13.4. The van der Waals surface area contributed by atoms with Crippen LogP contribution in [0.4, 0.5) is 0 Å². The van der Waals surface area contributed by atoms with Crippen molar-refractivity contribution in [3.05, 3.63) is 63.7 Å². The van der Waals surface area contributed by atoms with Crippen LogP contribution in [-0.2, 0) is 9.53 Å². The smallest absolute Gasteiger partial charge is 0.339 e. The first-order valence-electron chi connectivity index (χ1n) is 10.6. The molecular weight excluding hydrogens is 410 g/mol. The van der Waals surface area contributed by atoms with E-state index >= 15 is 0 Å². The number of carbonyl (C=O) groups is 3. The predicted octanol–water partition coefficient (Wildman–Crippen LogP) is 4.67. The quantitative estimate of drug-likeness (QED) is 0.356. The topological polar surface area (TPSA) is 63.7 Å². The Labute approximate surface area is 188 Å². The van der Waals surface area contributed by atoms with Crippen molar-refractivity contribution in [2.24, 2.45) is 0 Å². The second-order valence-corrected chi connectivity index (χ2v) is 9.01. The van der Waals surface area contributed by atoms with Crippen molar-refractivity contribution in [3.63, 3.8) is 0 Å². The van der Waals surface area contributed by atoms with Gasteiger partial charge in [-0.25, -0.2) is 4.79 Å². The zero-order valence-corrected chi connectivity index (χ0v) is 19.4. The first-order valence-corrected chi connectivity index (χ1v) is 11.6. The summed E-state index contributed by atoms with van der Waals surface area (Å²) in [7, 11) is 0. The molecule has 6 heteroatoms. The molecule has 2 aromatic carbocycles. The summed E-state index contributed by atoms with van der Waals surface area (Å²) >= 11 is 1.33. The molecule has 164 valence electrons. The summed E-state index contributed by atoms with van der Waals surface area (Å²) in [6, 6.07) is 8.91. The molecule has 0 N–H and O–H groups in total. The van der Waals surface area contributed by atoms with E-state index in [2.05, 4.69) is 0 Å². The number of ketones is 1. The Kier molecular flexibility index (Phi) is 7.55. The highest BCUT2D eigenvalue weighted by Gasteiger charge is 2.21. The lowest BCUT2D eigenvalue weighted by atomic mass is 9.93. The van der Waals surface area contributed by atoms with E-state index in [0.717, 1.165) is 42.6 Å². The first-order chi connectivity index (χ1) is 14.8. The highest BCUT2D eigenvalue weighted by atomic mass is 32.2. The zero-order chi connectivity index (χ0) is 22.5. The fourth-order valence-electron chi connectivity index (χ4n) is 3.75. The molecule has 1 heterocycles. The number of amides is 1. The van der Waals surface area contributed by atoms with Gasteiger partial charge in [0.15, 0.2) is 6.61 Å². The maximum Gasteiger partial charge on any atom is 0.339 e. The van der Waals surface area contributed by atoms with Gasteiger partial charge in [-0.2, -0.15) is 0 Å². The molecular formula is C25H29NO4S. The number of aryl methyl sites for hydroxylation is 1. The summed E-state index contributed by atoms with van der Waals surface area (Å²) < 4.78 is 5.36. The van der Waals surface area contributed by atoms with Gasteiger partial charge in [-0.1, -0.05) is 12.1 Å². The van der Waals surface area contributed by atoms with Crippen LogP contribution in [0, 0.1) is 27.7 Å². The lowest BCUT2D eigenvalue weighted by Crippen LogP contribution is -2.29. The van der Waals surface area contributed by atoms with Crippen LogP contribution in [-0.4, -0.2) is 48.0 Å². The highest BCUT2D eigenvalue weighted by molar-refractivity contribution is 8.00. The SMILES string of the molecule is Cc1cc(C(=O)COC(=O)c2ccccc2SCC(=O)N2CCCC2)c(C)c(C)c1C. The Morgan fingerprint density at radius 3 is 2.32 bits per heavy atom. The predicted molar refractivity (Wildman–Crippen MR) is 123 cm³/mol. The summed E-state index contributed by atoms with van der Waals surface area (Å²) in [5, 5.41) is 0. The molecule has 2 aromatic rings. The third-order valence-corrected chi connectivity index (χ3v) is 7.09. The summed E-state index contributed by atoms with van der Waals surface area (Å²) in [6.07, 6.45) is 2.10. The molecule has 31 heavy (non-hydrogen) atoms. The highest BCUT2D eigenvalue weighted by Crippen LogP contribution is 2.25. The van der Waals surface area contributed by atoms with E-state index in [1.807, 2.05) is 44.7 Å². The van der Waals surface area contributed by atoms with Crippen molar-refractivity contribution in [2.75, 3.05) is 25.4 Å². The van der Waals surface area contributed by atoms with Gasteiger partial charge < -0.3 is 9.64 Å². The average Bonchev–Trinajstić information content (AvgIpc) is 3.32. The lowest BCUT2D eigenvalue weighted by Gasteiger charge is -2.15. The van der Waals surface area contributed by atoms with Gasteiger partial charge in [0.1, 0.15) is 0 Å². The number of likely N-dealkylation sites (tertiary alicyclic amines) is 1. The van der Waals surface area contributed by atoms with Crippen molar-refractivity contribution >= 4 is 29.4 Å². The Balaban J connectivity index is 1.65. The molecule has 0 radical (unpaired) electrons. The Morgan fingerprint density at radius 1 is 0.935 bits per heavy atom. The van der Waals surface area contributed by atoms with Crippen LogP contribution < -0.4 is 0 Å². The number of rotatable bonds is 7. The largest absolute Gasteiger partial charge is 0.454 e. The monoisotopic (exact) mass is 439 g/mol. The second-order valence-electron chi connectivity index (χ2n) is 7.99. The average molecular weight is 440 g/mol. The molecule has 1 amide bonds. The van der Waals surface area contributed by atoms with Crippen molar-refractivity contribution in [1.82, 2.24) is 4.90 Å². The fraction of sp³-hybridized carbons (Fsp3) is 0.400. The van der Waals surface area contributed by atoms with Gasteiger partial charge in [-0.15, -0.1) is 11.8 Å². The van der Waals surface area contributed by atoms with Crippen LogP contribution in [0.2, 0.25) is 0 Å². The molecule has 0 spiro atoms. The molecule has 0 unspecified atom stereocenters. The molecule has 0 aromatic heterocycles. The van der Waals surface area contributed by atoms with Crippen LogP contribution in [0.5, 0.6) is 0 Å². The minimum Gasteiger partial charge on any atom is -0.454 e. The number of carbonyl (C=O) groups excluding carboxylic acids is 3. The number of hydrogen-bond donors (Lipinski definition) is 0. The van der Waals surface area contributed by atoms with Gasteiger partial charge in [0.2, 0.25) is 11.7 Å². The van der Waals surface area contributed by atoms with Crippen molar-refractivity contribution in [1.29, 1.82) is 0 Å². The fourth-order valence-corrected chi connectivity index (χ4v) is 4.69. The third kappa shape index (κ3) is 5.37. The van der Waals surface area contributed by atoms with Gasteiger partial charge in [-0.05, 0) is 81.0 Å². The van der Waals surface area contributed by atoms with Crippen molar-refractivity contribution in [2.45, 2.75) is 45.4 Å². The summed E-state index contributed by atoms with van der Waals surface area (Å²) in [5.74, 6) is -0.402. The van der Waals surface area contributed by atoms with Gasteiger partial charge in [0.05, 0.1) is 11.3 Å². The number of ether oxygens (including phenoxy) is 1. The maximum atomic E-state index is 12.7.